The van der Waals surface area contributed by atoms with Gasteiger partial charge in [-0.2, -0.15) is 8.78 Å². The van der Waals surface area contributed by atoms with Gasteiger partial charge in [-0.15, -0.1) is 0 Å². The first kappa shape index (κ1) is 10.6. The molecule has 0 saturated carbocycles. The predicted octanol–water partition coefficient (Wildman–Crippen LogP) is 3.41. The van der Waals surface area contributed by atoms with Gasteiger partial charge in [0.15, 0.2) is 0 Å². The number of anilines is 1. The number of nitrogen functional groups attached to an aromatic ring is 1. The number of halogens is 2. The monoisotopic (exact) mass is 219 g/mol. The molecule has 2 aromatic carbocycles. The highest BCUT2D eigenvalue weighted by Crippen LogP contribution is 2.38. The molecule has 0 spiro atoms. The van der Waals surface area contributed by atoms with Crippen molar-refractivity contribution in [2.75, 3.05) is 5.73 Å². The third-order valence-electron chi connectivity index (χ3n) is 2.44. The summed E-state index contributed by atoms with van der Waals surface area (Å²) >= 11 is 0. The lowest BCUT2D eigenvalue weighted by molar-refractivity contribution is 0.0437. The van der Waals surface area contributed by atoms with Crippen LogP contribution in [0.3, 0.4) is 0 Å². The van der Waals surface area contributed by atoms with Crippen LogP contribution < -0.4 is 5.73 Å². The Morgan fingerprint density at radius 2 is 1.38 bits per heavy atom. The van der Waals surface area contributed by atoms with Crippen LogP contribution in [0.25, 0.3) is 0 Å². The molecule has 0 fully saturated rings. The van der Waals surface area contributed by atoms with Crippen LogP contribution in [0.5, 0.6) is 0 Å². The molecule has 3 heteroatoms. The van der Waals surface area contributed by atoms with Crippen LogP contribution in [0.2, 0.25) is 0 Å². The SMILES string of the molecule is Nc1ccccc1C(F)(F)c1ccccc1. The highest BCUT2D eigenvalue weighted by molar-refractivity contribution is 5.52. The minimum Gasteiger partial charge on any atom is -0.398 e. The van der Waals surface area contributed by atoms with E-state index in [1.54, 1.807) is 30.3 Å². The second-order valence-corrected chi connectivity index (χ2v) is 3.53. The average molecular weight is 219 g/mol. The van der Waals surface area contributed by atoms with Crippen molar-refractivity contribution in [2.24, 2.45) is 0 Å². The molecule has 0 aliphatic carbocycles. The molecule has 0 aromatic heterocycles. The summed E-state index contributed by atoms with van der Waals surface area (Å²) in [6, 6.07) is 13.7. The minimum absolute atomic E-state index is 0.0482. The van der Waals surface area contributed by atoms with Crippen LogP contribution in [-0.4, -0.2) is 0 Å². The fourth-order valence-corrected chi connectivity index (χ4v) is 1.59. The van der Waals surface area contributed by atoms with Crippen LogP contribution in [-0.2, 0) is 5.92 Å². The number of benzene rings is 2. The Balaban J connectivity index is 2.51. The van der Waals surface area contributed by atoms with Gasteiger partial charge in [0.1, 0.15) is 0 Å². The van der Waals surface area contributed by atoms with Crippen LogP contribution in [0.15, 0.2) is 54.6 Å². The van der Waals surface area contributed by atoms with Crippen molar-refractivity contribution in [3.05, 3.63) is 65.7 Å². The Labute approximate surface area is 92.5 Å². The van der Waals surface area contributed by atoms with Crippen LogP contribution in [0.4, 0.5) is 14.5 Å². The highest BCUT2D eigenvalue weighted by atomic mass is 19.3. The van der Waals surface area contributed by atoms with Gasteiger partial charge >= 0.3 is 0 Å². The summed E-state index contributed by atoms with van der Waals surface area (Å²) in [5.41, 5.74) is 5.47. The molecule has 0 radical (unpaired) electrons. The predicted molar refractivity (Wildman–Crippen MR) is 60.3 cm³/mol. The molecule has 0 unspecified atom stereocenters. The number of hydrogen-bond acceptors (Lipinski definition) is 1. The maximum absolute atomic E-state index is 14.1. The third-order valence-corrected chi connectivity index (χ3v) is 2.44. The Morgan fingerprint density at radius 1 is 0.812 bits per heavy atom. The molecule has 2 rings (SSSR count). The van der Waals surface area contributed by atoms with E-state index in [9.17, 15) is 8.78 Å². The summed E-state index contributed by atoms with van der Waals surface area (Å²) in [5, 5.41) is 0. The molecule has 0 aliphatic rings. The standard InChI is InChI=1S/C13H11F2N/c14-13(15,10-6-2-1-3-7-10)11-8-4-5-9-12(11)16/h1-9H,16H2. The third kappa shape index (κ3) is 1.76. The van der Waals surface area contributed by atoms with Gasteiger partial charge in [0.05, 0.1) is 0 Å². The van der Waals surface area contributed by atoms with Crippen molar-refractivity contribution in [3.8, 4) is 0 Å². The summed E-state index contributed by atoms with van der Waals surface area (Å²) in [5.74, 6) is -3.05. The van der Waals surface area contributed by atoms with E-state index in [2.05, 4.69) is 0 Å². The Bertz CT molecular complexity index is 480. The molecule has 0 amide bonds. The van der Waals surface area contributed by atoms with E-state index in [0.29, 0.717) is 0 Å². The van der Waals surface area contributed by atoms with Gasteiger partial charge < -0.3 is 5.73 Å². The van der Waals surface area contributed by atoms with Gasteiger partial charge in [-0.25, -0.2) is 0 Å². The minimum atomic E-state index is -3.05. The summed E-state index contributed by atoms with van der Waals surface area (Å²) in [6.07, 6.45) is 0. The average Bonchev–Trinajstić information content (AvgIpc) is 2.30. The van der Waals surface area contributed by atoms with Gasteiger partial charge in [0, 0.05) is 16.8 Å². The van der Waals surface area contributed by atoms with Crippen molar-refractivity contribution in [1.29, 1.82) is 0 Å². The molecule has 2 aromatic rings. The number of nitrogens with two attached hydrogens (primary N) is 1. The molecule has 0 atom stereocenters. The van der Waals surface area contributed by atoms with Gasteiger partial charge in [-0.3, -0.25) is 0 Å². The number of hydrogen-bond donors (Lipinski definition) is 1. The van der Waals surface area contributed by atoms with Crippen molar-refractivity contribution in [3.63, 3.8) is 0 Å². The molecular formula is C13H11F2N. The van der Waals surface area contributed by atoms with Crippen molar-refractivity contribution in [1.82, 2.24) is 0 Å². The molecule has 16 heavy (non-hydrogen) atoms. The van der Waals surface area contributed by atoms with Crippen LogP contribution >= 0.6 is 0 Å². The first-order valence-electron chi connectivity index (χ1n) is 4.90. The summed E-state index contributed by atoms with van der Waals surface area (Å²) < 4.78 is 28.1. The summed E-state index contributed by atoms with van der Waals surface area (Å²) in [6.45, 7) is 0. The Hall–Kier alpha value is -1.90. The van der Waals surface area contributed by atoms with Crippen molar-refractivity contribution in [2.45, 2.75) is 5.92 Å². The van der Waals surface area contributed by atoms with E-state index in [0.717, 1.165) is 0 Å². The second-order valence-electron chi connectivity index (χ2n) is 3.53. The Kier molecular flexibility index (Phi) is 2.60. The molecule has 0 saturated heterocycles. The lowest BCUT2D eigenvalue weighted by Crippen LogP contribution is -2.17. The van der Waals surface area contributed by atoms with Crippen LogP contribution in [0, 0.1) is 0 Å². The van der Waals surface area contributed by atoms with Gasteiger partial charge in [0.25, 0.3) is 5.92 Å². The largest absolute Gasteiger partial charge is 0.398 e. The number of rotatable bonds is 2. The molecule has 82 valence electrons. The first-order chi connectivity index (χ1) is 7.62. The van der Waals surface area contributed by atoms with E-state index in [4.69, 9.17) is 5.73 Å². The summed E-state index contributed by atoms with van der Waals surface area (Å²) in [4.78, 5) is 0. The normalized spacial score (nSPS) is 11.4. The zero-order valence-electron chi connectivity index (χ0n) is 8.53. The molecular weight excluding hydrogens is 208 g/mol. The lowest BCUT2D eigenvalue weighted by Gasteiger charge is -2.18. The number of para-hydroxylation sites is 1. The first-order valence-corrected chi connectivity index (χ1v) is 4.90. The highest BCUT2D eigenvalue weighted by Gasteiger charge is 2.35. The fraction of sp³-hybridized carbons (Fsp3) is 0.0769. The molecule has 1 nitrogen and oxygen atoms in total. The topological polar surface area (TPSA) is 26.0 Å². The zero-order valence-corrected chi connectivity index (χ0v) is 8.53. The van der Waals surface area contributed by atoms with E-state index in [1.807, 2.05) is 0 Å². The molecule has 0 heterocycles. The number of alkyl halides is 2. The van der Waals surface area contributed by atoms with E-state index < -0.39 is 5.92 Å². The molecule has 2 N–H and O–H groups in total. The second kappa shape index (κ2) is 3.93. The van der Waals surface area contributed by atoms with Gasteiger partial charge in [-0.1, -0.05) is 48.5 Å². The smallest absolute Gasteiger partial charge is 0.300 e. The van der Waals surface area contributed by atoms with E-state index in [1.165, 1.54) is 24.3 Å². The fourth-order valence-electron chi connectivity index (χ4n) is 1.59. The quantitative estimate of drug-likeness (QED) is 0.769. The van der Waals surface area contributed by atoms with E-state index >= 15 is 0 Å². The van der Waals surface area contributed by atoms with Crippen molar-refractivity contribution < 1.29 is 8.78 Å². The lowest BCUT2D eigenvalue weighted by atomic mass is 9.99. The zero-order chi connectivity index (χ0) is 11.6. The van der Waals surface area contributed by atoms with Crippen LogP contribution in [0.1, 0.15) is 11.1 Å². The molecule has 0 bridgehead atoms. The van der Waals surface area contributed by atoms with Gasteiger partial charge in [-0.05, 0) is 6.07 Å². The van der Waals surface area contributed by atoms with Crippen molar-refractivity contribution >= 4 is 5.69 Å². The van der Waals surface area contributed by atoms with Gasteiger partial charge in [0.2, 0.25) is 0 Å². The molecule has 0 aliphatic heterocycles. The maximum atomic E-state index is 14.1. The van der Waals surface area contributed by atoms with E-state index in [-0.39, 0.29) is 16.8 Å². The Morgan fingerprint density at radius 3 is 2.00 bits per heavy atom. The maximum Gasteiger partial charge on any atom is 0.300 e. The summed E-state index contributed by atoms with van der Waals surface area (Å²) in [7, 11) is 0.